The van der Waals surface area contributed by atoms with Crippen molar-refractivity contribution < 1.29 is 9.53 Å². The summed E-state index contributed by atoms with van der Waals surface area (Å²) in [5, 5.41) is 10.0. The maximum atomic E-state index is 11.0. The van der Waals surface area contributed by atoms with Crippen molar-refractivity contribution in [1.82, 2.24) is 0 Å². The lowest BCUT2D eigenvalue weighted by Crippen LogP contribution is -2.01. The second-order valence-corrected chi connectivity index (χ2v) is 2.82. The standard InChI is InChI=1S/C8H6NO2S/c1-2-11-8(10)7-3-6(4-9)5-12-7/h5H,2H2,1H3. The van der Waals surface area contributed by atoms with Crippen molar-refractivity contribution in [2.45, 2.75) is 6.92 Å². The number of esters is 1. The van der Waals surface area contributed by atoms with Gasteiger partial charge < -0.3 is 4.74 Å². The first-order valence-corrected chi connectivity index (χ1v) is 4.24. The summed E-state index contributed by atoms with van der Waals surface area (Å²) in [7, 11) is 0. The van der Waals surface area contributed by atoms with Gasteiger partial charge in [0.05, 0.1) is 12.2 Å². The van der Waals surface area contributed by atoms with E-state index in [0.717, 1.165) is 0 Å². The van der Waals surface area contributed by atoms with Crippen LogP contribution < -0.4 is 0 Å². The van der Waals surface area contributed by atoms with Gasteiger partial charge >= 0.3 is 5.97 Å². The van der Waals surface area contributed by atoms with Gasteiger partial charge in [0.15, 0.2) is 0 Å². The van der Waals surface area contributed by atoms with Gasteiger partial charge in [-0.25, -0.2) is 4.79 Å². The van der Waals surface area contributed by atoms with Crippen molar-refractivity contribution in [2.24, 2.45) is 0 Å². The Morgan fingerprint density at radius 3 is 3.17 bits per heavy atom. The molecule has 61 valence electrons. The summed E-state index contributed by atoms with van der Waals surface area (Å²) in [5.74, 6) is -0.413. The van der Waals surface area contributed by atoms with E-state index in [1.54, 1.807) is 12.3 Å². The number of nitriles is 1. The summed E-state index contributed by atoms with van der Waals surface area (Å²) in [6.45, 7) is 2.07. The number of rotatable bonds is 2. The number of nitrogens with zero attached hydrogens (tertiary/aromatic N) is 1. The Kier molecular flexibility index (Phi) is 2.83. The van der Waals surface area contributed by atoms with Crippen LogP contribution in [0.15, 0.2) is 5.38 Å². The predicted molar refractivity (Wildman–Crippen MR) is 43.8 cm³/mol. The summed E-state index contributed by atoms with van der Waals surface area (Å²) in [4.78, 5) is 11.4. The van der Waals surface area contributed by atoms with Gasteiger partial charge in [-0.05, 0) is 6.92 Å². The SMILES string of the molecule is CCOC(=O)c1[c]c(C#N)cs1. The third-order valence-electron chi connectivity index (χ3n) is 1.12. The monoisotopic (exact) mass is 180 g/mol. The number of hydrogen-bond acceptors (Lipinski definition) is 4. The van der Waals surface area contributed by atoms with Crippen LogP contribution in [-0.2, 0) is 4.74 Å². The predicted octanol–water partition coefficient (Wildman–Crippen LogP) is 1.60. The van der Waals surface area contributed by atoms with E-state index in [-0.39, 0.29) is 0 Å². The third kappa shape index (κ3) is 1.83. The molecule has 0 amide bonds. The molecule has 4 heteroatoms. The quantitative estimate of drug-likeness (QED) is 0.649. The normalized spacial score (nSPS) is 9.00. The molecule has 0 saturated heterocycles. The average molecular weight is 180 g/mol. The van der Waals surface area contributed by atoms with Crippen molar-refractivity contribution in [3.8, 4) is 6.07 Å². The molecular formula is C8H6NO2S. The minimum atomic E-state index is -0.413. The molecule has 0 aliphatic carbocycles. The molecule has 0 unspecified atom stereocenters. The van der Waals surface area contributed by atoms with E-state index in [1.165, 1.54) is 11.3 Å². The zero-order chi connectivity index (χ0) is 8.97. The van der Waals surface area contributed by atoms with E-state index >= 15 is 0 Å². The van der Waals surface area contributed by atoms with Crippen LogP contribution >= 0.6 is 11.3 Å². The minimum absolute atomic E-state index is 0.340. The van der Waals surface area contributed by atoms with E-state index < -0.39 is 5.97 Å². The van der Waals surface area contributed by atoms with E-state index in [0.29, 0.717) is 17.0 Å². The van der Waals surface area contributed by atoms with Crippen LogP contribution in [0, 0.1) is 17.4 Å². The van der Waals surface area contributed by atoms with Crippen molar-refractivity contribution in [2.75, 3.05) is 6.61 Å². The molecule has 0 atom stereocenters. The van der Waals surface area contributed by atoms with Crippen molar-refractivity contribution >= 4 is 17.3 Å². The molecule has 0 aliphatic rings. The van der Waals surface area contributed by atoms with Gasteiger partial charge in [-0.15, -0.1) is 11.3 Å². The van der Waals surface area contributed by atoms with Gasteiger partial charge in [-0.3, -0.25) is 0 Å². The van der Waals surface area contributed by atoms with Gasteiger partial charge in [0.2, 0.25) is 0 Å². The highest BCUT2D eigenvalue weighted by Gasteiger charge is 2.09. The Hall–Kier alpha value is -1.34. The second kappa shape index (κ2) is 3.88. The third-order valence-corrected chi connectivity index (χ3v) is 1.98. The van der Waals surface area contributed by atoms with E-state index in [2.05, 4.69) is 6.07 Å². The second-order valence-electron chi connectivity index (χ2n) is 1.94. The van der Waals surface area contributed by atoms with Gasteiger partial charge in [-0.1, -0.05) is 0 Å². The Morgan fingerprint density at radius 2 is 2.67 bits per heavy atom. The largest absolute Gasteiger partial charge is 0.462 e. The van der Waals surface area contributed by atoms with Crippen LogP contribution in [-0.4, -0.2) is 12.6 Å². The molecule has 0 aliphatic heterocycles. The molecule has 1 aromatic heterocycles. The Balaban J connectivity index is 2.76. The van der Waals surface area contributed by atoms with Crippen LogP contribution in [0.3, 0.4) is 0 Å². The van der Waals surface area contributed by atoms with Gasteiger partial charge in [0, 0.05) is 11.4 Å². The first kappa shape index (κ1) is 8.75. The van der Waals surface area contributed by atoms with Crippen LogP contribution in [0.25, 0.3) is 0 Å². The molecule has 0 spiro atoms. The maximum Gasteiger partial charge on any atom is 0.348 e. The topological polar surface area (TPSA) is 50.1 Å². The van der Waals surface area contributed by atoms with E-state index in [1.807, 2.05) is 6.07 Å². The molecule has 1 heterocycles. The maximum absolute atomic E-state index is 11.0. The van der Waals surface area contributed by atoms with Gasteiger partial charge in [0.1, 0.15) is 10.9 Å². The molecule has 1 radical (unpaired) electrons. The van der Waals surface area contributed by atoms with Gasteiger partial charge in [0.25, 0.3) is 0 Å². The smallest absolute Gasteiger partial charge is 0.348 e. The Labute approximate surface area is 74.2 Å². The summed E-state index contributed by atoms with van der Waals surface area (Å²) >= 11 is 1.17. The molecule has 0 aromatic carbocycles. The molecule has 1 aromatic rings. The zero-order valence-corrected chi connectivity index (χ0v) is 7.27. The lowest BCUT2D eigenvalue weighted by molar-refractivity contribution is 0.0531. The molecular weight excluding hydrogens is 174 g/mol. The fraction of sp³-hybridized carbons (Fsp3) is 0.250. The molecule has 0 saturated carbocycles. The van der Waals surface area contributed by atoms with Crippen LogP contribution in [0.4, 0.5) is 0 Å². The average Bonchev–Trinajstić information content (AvgIpc) is 2.52. The van der Waals surface area contributed by atoms with E-state index in [4.69, 9.17) is 10.00 Å². The summed E-state index contributed by atoms with van der Waals surface area (Å²) in [5.41, 5.74) is 0.378. The van der Waals surface area contributed by atoms with Crippen molar-refractivity contribution in [1.29, 1.82) is 5.26 Å². The number of carbonyl (C=O) groups is 1. The molecule has 0 bridgehead atoms. The number of hydrogen-bond donors (Lipinski definition) is 0. The molecule has 0 N–H and O–H groups in total. The number of carbonyl (C=O) groups excluding carboxylic acids is 1. The molecule has 3 nitrogen and oxygen atoms in total. The highest BCUT2D eigenvalue weighted by molar-refractivity contribution is 7.12. The fourth-order valence-electron chi connectivity index (χ4n) is 0.649. The van der Waals surface area contributed by atoms with Crippen LogP contribution in [0.1, 0.15) is 22.2 Å². The number of thiophene rings is 1. The highest BCUT2D eigenvalue weighted by atomic mass is 32.1. The van der Waals surface area contributed by atoms with Crippen molar-refractivity contribution in [3.63, 3.8) is 0 Å². The van der Waals surface area contributed by atoms with Crippen LogP contribution in [0.5, 0.6) is 0 Å². The zero-order valence-electron chi connectivity index (χ0n) is 6.46. The fourth-order valence-corrected chi connectivity index (χ4v) is 1.32. The highest BCUT2D eigenvalue weighted by Crippen LogP contribution is 2.13. The van der Waals surface area contributed by atoms with Crippen LogP contribution in [0.2, 0.25) is 0 Å². The molecule has 1 rings (SSSR count). The van der Waals surface area contributed by atoms with E-state index in [9.17, 15) is 4.79 Å². The van der Waals surface area contributed by atoms with Gasteiger partial charge in [-0.2, -0.15) is 5.26 Å². The number of ether oxygens (including phenoxy) is 1. The van der Waals surface area contributed by atoms with Crippen molar-refractivity contribution in [3.05, 3.63) is 21.9 Å². The summed E-state index contributed by atoms with van der Waals surface area (Å²) < 4.78 is 4.72. The lowest BCUT2D eigenvalue weighted by atomic mass is 10.3. The Bertz CT molecular complexity index is 324. The summed E-state index contributed by atoms with van der Waals surface area (Å²) in [6, 6.07) is 4.52. The minimum Gasteiger partial charge on any atom is -0.462 e. The molecule has 12 heavy (non-hydrogen) atoms. The Morgan fingerprint density at radius 1 is 1.92 bits per heavy atom. The first-order chi connectivity index (χ1) is 5.77. The molecule has 0 fully saturated rings. The lowest BCUT2D eigenvalue weighted by Gasteiger charge is -1.95. The summed E-state index contributed by atoms with van der Waals surface area (Å²) in [6.07, 6.45) is 0. The first-order valence-electron chi connectivity index (χ1n) is 3.36.